The summed E-state index contributed by atoms with van der Waals surface area (Å²) in [5, 5.41) is 3.97. The highest BCUT2D eigenvalue weighted by atomic mass is 32.1. The molecule has 0 unspecified atom stereocenters. The summed E-state index contributed by atoms with van der Waals surface area (Å²) in [6.45, 7) is 1.59. The summed E-state index contributed by atoms with van der Waals surface area (Å²) in [6, 6.07) is 15.4. The molecule has 1 aliphatic rings. The van der Waals surface area contributed by atoms with Crippen LogP contribution in [-0.2, 0) is 16.0 Å². The number of piperidine rings is 1. The fourth-order valence-corrected chi connectivity index (χ4v) is 4.51. The van der Waals surface area contributed by atoms with E-state index in [1.54, 1.807) is 11.3 Å². The van der Waals surface area contributed by atoms with E-state index in [0.717, 1.165) is 41.3 Å². The van der Waals surface area contributed by atoms with Crippen molar-refractivity contribution in [1.29, 1.82) is 0 Å². The van der Waals surface area contributed by atoms with E-state index in [0.29, 0.717) is 6.54 Å². The van der Waals surface area contributed by atoms with Crippen LogP contribution in [0.2, 0.25) is 0 Å². The summed E-state index contributed by atoms with van der Waals surface area (Å²) >= 11 is 1.67. The van der Waals surface area contributed by atoms with E-state index < -0.39 is 0 Å². The zero-order chi connectivity index (χ0) is 19.5. The van der Waals surface area contributed by atoms with Gasteiger partial charge in [0.25, 0.3) is 0 Å². The van der Waals surface area contributed by atoms with Crippen molar-refractivity contribution >= 4 is 44.2 Å². The number of aromatic nitrogens is 1. The molecule has 0 saturated carbocycles. The molecule has 0 aliphatic carbocycles. The first-order valence-corrected chi connectivity index (χ1v) is 10.2. The Balaban J connectivity index is 1.41. The number of nitrogens with two attached hydrogens (primary N) is 1. The average molecular weight is 395 g/mol. The van der Waals surface area contributed by atoms with Crippen LogP contribution in [0.15, 0.2) is 48.5 Å². The molecular weight excluding hydrogens is 372 g/mol. The van der Waals surface area contributed by atoms with Crippen LogP contribution in [0.4, 0.5) is 10.8 Å². The van der Waals surface area contributed by atoms with Crippen molar-refractivity contribution in [1.82, 2.24) is 4.98 Å². The maximum Gasteiger partial charge on any atom is 0.229 e. The Labute approximate surface area is 167 Å². The molecule has 0 bridgehead atoms. The van der Waals surface area contributed by atoms with Gasteiger partial charge in [-0.05, 0) is 42.7 Å². The minimum atomic E-state index is -0.367. The Morgan fingerprint density at radius 1 is 1.18 bits per heavy atom. The SMILES string of the molecule is NC(=O)Cc1ccc(NC(=O)[C@H]2CCCN(c3nc4ccccc4s3)C2)cc1. The molecule has 144 valence electrons. The number of rotatable bonds is 5. The number of nitrogens with zero attached hydrogens (tertiary/aromatic N) is 2. The third-order valence-corrected chi connectivity index (χ3v) is 6.04. The molecule has 6 nitrogen and oxygen atoms in total. The van der Waals surface area contributed by atoms with Gasteiger partial charge in [-0.15, -0.1) is 0 Å². The molecule has 2 heterocycles. The topological polar surface area (TPSA) is 88.3 Å². The largest absolute Gasteiger partial charge is 0.369 e. The van der Waals surface area contributed by atoms with Gasteiger partial charge in [-0.3, -0.25) is 9.59 Å². The number of nitrogens with one attached hydrogen (secondary N) is 1. The highest BCUT2D eigenvalue weighted by Crippen LogP contribution is 2.31. The molecule has 1 aliphatic heterocycles. The molecule has 0 spiro atoms. The van der Waals surface area contributed by atoms with E-state index in [1.165, 1.54) is 4.70 Å². The summed E-state index contributed by atoms with van der Waals surface area (Å²) in [7, 11) is 0. The molecule has 2 amide bonds. The minimum absolute atomic E-state index is 0.0217. The van der Waals surface area contributed by atoms with Crippen molar-refractivity contribution < 1.29 is 9.59 Å². The van der Waals surface area contributed by atoms with Gasteiger partial charge in [0.1, 0.15) is 0 Å². The van der Waals surface area contributed by atoms with Crippen LogP contribution in [0.1, 0.15) is 18.4 Å². The highest BCUT2D eigenvalue weighted by Gasteiger charge is 2.27. The van der Waals surface area contributed by atoms with Crippen LogP contribution in [-0.4, -0.2) is 29.9 Å². The lowest BCUT2D eigenvalue weighted by atomic mass is 9.97. The fraction of sp³-hybridized carbons (Fsp3) is 0.286. The Kier molecular flexibility index (Phi) is 5.25. The van der Waals surface area contributed by atoms with E-state index in [4.69, 9.17) is 10.7 Å². The van der Waals surface area contributed by atoms with Crippen LogP contribution in [0.25, 0.3) is 10.2 Å². The highest BCUT2D eigenvalue weighted by molar-refractivity contribution is 7.22. The summed E-state index contributed by atoms with van der Waals surface area (Å²) in [4.78, 5) is 30.7. The Morgan fingerprint density at radius 3 is 2.71 bits per heavy atom. The number of carbonyl (C=O) groups excluding carboxylic acids is 2. The van der Waals surface area contributed by atoms with Crippen molar-refractivity contribution in [2.75, 3.05) is 23.3 Å². The zero-order valence-electron chi connectivity index (χ0n) is 15.4. The molecule has 1 aromatic heterocycles. The molecule has 1 saturated heterocycles. The second-order valence-electron chi connectivity index (χ2n) is 7.08. The quantitative estimate of drug-likeness (QED) is 0.696. The predicted octanol–water partition coefficient (Wildman–Crippen LogP) is 3.18. The maximum absolute atomic E-state index is 12.8. The number of hydrogen-bond donors (Lipinski definition) is 2. The third-order valence-electron chi connectivity index (χ3n) is 4.95. The number of primary amides is 1. The monoisotopic (exact) mass is 394 g/mol. The summed E-state index contributed by atoms with van der Waals surface area (Å²) in [6.07, 6.45) is 2.03. The van der Waals surface area contributed by atoms with Crippen LogP contribution < -0.4 is 16.0 Å². The molecule has 28 heavy (non-hydrogen) atoms. The lowest BCUT2D eigenvalue weighted by molar-refractivity contribution is -0.120. The van der Waals surface area contributed by atoms with Gasteiger partial charge in [-0.25, -0.2) is 4.98 Å². The first-order valence-electron chi connectivity index (χ1n) is 9.37. The summed E-state index contributed by atoms with van der Waals surface area (Å²) in [5.74, 6) is -0.423. The van der Waals surface area contributed by atoms with Crippen LogP contribution in [0, 0.1) is 5.92 Å². The lowest BCUT2D eigenvalue weighted by Gasteiger charge is -2.31. The minimum Gasteiger partial charge on any atom is -0.369 e. The second kappa shape index (κ2) is 7.98. The van der Waals surface area contributed by atoms with Gasteiger partial charge in [0, 0.05) is 18.8 Å². The summed E-state index contributed by atoms with van der Waals surface area (Å²) < 4.78 is 1.17. The number of hydrogen-bond acceptors (Lipinski definition) is 5. The Bertz CT molecular complexity index is 966. The molecule has 2 aromatic carbocycles. The van der Waals surface area contributed by atoms with Crippen LogP contribution >= 0.6 is 11.3 Å². The van der Waals surface area contributed by atoms with Gasteiger partial charge in [0.05, 0.1) is 22.6 Å². The van der Waals surface area contributed by atoms with E-state index in [2.05, 4.69) is 16.3 Å². The van der Waals surface area contributed by atoms with Crippen molar-refractivity contribution in [3.05, 3.63) is 54.1 Å². The number of anilines is 2. The van der Waals surface area contributed by atoms with E-state index >= 15 is 0 Å². The van der Waals surface area contributed by atoms with E-state index in [-0.39, 0.29) is 24.2 Å². The van der Waals surface area contributed by atoms with E-state index in [1.807, 2.05) is 42.5 Å². The van der Waals surface area contributed by atoms with Crippen molar-refractivity contribution in [3.8, 4) is 0 Å². The molecule has 1 atom stereocenters. The number of para-hydroxylation sites is 1. The van der Waals surface area contributed by atoms with E-state index in [9.17, 15) is 9.59 Å². The molecule has 3 aromatic rings. The average Bonchev–Trinajstić information content (AvgIpc) is 3.13. The number of fused-ring (bicyclic) bond motifs is 1. The molecule has 3 N–H and O–H groups in total. The van der Waals surface area contributed by atoms with Gasteiger partial charge < -0.3 is 16.0 Å². The number of benzene rings is 2. The first kappa shape index (κ1) is 18.4. The number of amides is 2. The van der Waals surface area contributed by atoms with Gasteiger partial charge in [0.2, 0.25) is 11.8 Å². The lowest BCUT2D eigenvalue weighted by Crippen LogP contribution is -2.40. The third kappa shape index (κ3) is 4.14. The van der Waals surface area contributed by atoms with Gasteiger partial charge >= 0.3 is 0 Å². The maximum atomic E-state index is 12.8. The smallest absolute Gasteiger partial charge is 0.229 e. The Morgan fingerprint density at radius 2 is 1.96 bits per heavy atom. The molecule has 0 radical (unpaired) electrons. The molecule has 7 heteroatoms. The fourth-order valence-electron chi connectivity index (χ4n) is 3.51. The van der Waals surface area contributed by atoms with Crippen LogP contribution in [0.3, 0.4) is 0 Å². The van der Waals surface area contributed by atoms with Crippen molar-refractivity contribution in [3.63, 3.8) is 0 Å². The van der Waals surface area contributed by atoms with Crippen molar-refractivity contribution in [2.24, 2.45) is 11.7 Å². The molecule has 4 rings (SSSR count). The van der Waals surface area contributed by atoms with Gasteiger partial charge in [-0.1, -0.05) is 35.6 Å². The van der Waals surface area contributed by atoms with Crippen molar-refractivity contribution in [2.45, 2.75) is 19.3 Å². The normalized spacial score (nSPS) is 16.9. The number of carbonyl (C=O) groups is 2. The molecular formula is C21H22N4O2S. The number of thiazole rings is 1. The molecule has 1 fully saturated rings. The van der Waals surface area contributed by atoms with Crippen LogP contribution in [0.5, 0.6) is 0 Å². The predicted molar refractivity (Wildman–Crippen MR) is 113 cm³/mol. The second-order valence-corrected chi connectivity index (χ2v) is 8.09. The Hall–Kier alpha value is -2.93. The zero-order valence-corrected chi connectivity index (χ0v) is 16.2. The summed E-state index contributed by atoms with van der Waals surface area (Å²) in [5.41, 5.74) is 7.78. The van der Waals surface area contributed by atoms with Gasteiger partial charge in [-0.2, -0.15) is 0 Å². The standard InChI is InChI=1S/C21H22N4O2S/c22-19(26)12-14-7-9-16(10-8-14)23-20(27)15-4-3-11-25(13-15)21-24-17-5-1-2-6-18(17)28-21/h1-2,5-10,15H,3-4,11-13H2,(H2,22,26)(H,23,27)/t15-/m0/s1. The van der Waals surface area contributed by atoms with Gasteiger partial charge in [0.15, 0.2) is 5.13 Å². The first-order chi connectivity index (χ1) is 13.6.